The largest absolute Gasteiger partial charge is 0.433 e. The fraction of sp³-hybridized carbons (Fsp3) is 0.667. The van der Waals surface area contributed by atoms with Crippen molar-refractivity contribution in [1.29, 1.82) is 0 Å². The average molecular weight is 277 g/mol. The molecule has 2 N–H and O–H groups in total. The van der Waals surface area contributed by atoms with E-state index in [1.165, 1.54) is 0 Å². The smallest absolute Gasteiger partial charge is 0.356 e. The Morgan fingerprint density at radius 1 is 1.26 bits per heavy atom. The summed E-state index contributed by atoms with van der Waals surface area (Å²) in [5.41, 5.74) is -1.99. The second-order valence-corrected chi connectivity index (χ2v) is 4.32. The first-order chi connectivity index (χ1) is 8.93. The summed E-state index contributed by atoms with van der Waals surface area (Å²) in [6.07, 6.45) is 0.620. The number of anilines is 1. The van der Waals surface area contributed by atoms with Crippen LogP contribution < -0.4 is 10.9 Å². The Balaban J connectivity index is 2.50. The molecule has 1 aromatic heterocycles. The maximum atomic E-state index is 12.4. The second-order valence-electron chi connectivity index (χ2n) is 4.32. The lowest BCUT2D eigenvalue weighted by Crippen LogP contribution is -2.19. The Hall–Kier alpha value is -1.53. The Kier molecular flexibility index (Phi) is 5.85. The number of aromatic amines is 1. The van der Waals surface area contributed by atoms with Gasteiger partial charge in [0.15, 0.2) is 5.69 Å². The van der Waals surface area contributed by atoms with Gasteiger partial charge in [-0.15, -0.1) is 0 Å². The minimum Gasteiger partial charge on any atom is -0.356 e. The van der Waals surface area contributed by atoms with Crippen LogP contribution in [0.5, 0.6) is 0 Å². The maximum Gasteiger partial charge on any atom is 0.433 e. The average Bonchev–Trinajstić information content (AvgIpc) is 2.32. The van der Waals surface area contributed by atoms with E-state index in [4.69, 9.17) is 0 Å². The van der Waals surface area contributed by atoms with Crippen molar-refractivity contribution in [1.82, 2.24) is 9.97 Å². The van der Waals surface area contributed by atoms with Crippen LogP contribution in [-0.4, -0.2) is 16.5 Å². The van der Waals surface area contributed by atoms with Crippen molar-refractivity contribution < 1.29 is 13.2 Å². The lowest BCUT2D eigenvalue weighted by atomic mass is 10.1. The van der Waals surface area contributed by atoms with E-state index in [0.717, 1.165) is 32.1 Å². The monoisotopic (exact) mass is 277 g/mol. The highest BCUT2D eigenvalue weighted by Crippen LogP contribution is 2.26. The van der Waals surface area contributed by atoms with E-state index in [0.29, 0.717) is 12.6 Å². The Morgan fingerprint density at radius 3 is 2.58 bits per heavy atom. The van der Waals surface area contributed by atoms with Crippen molar-refractivity contribution in [2.75, 3.05) is 11.9 Å². The highest BCUT2D eigenvalue weighted by atomic mass is 19.4. The normalized spacial score (nSPS) is 11.6. The first-order valence-electron chi connectivity index (χ1n) is 6.36. The van der Waals surface area contributed by atoms with Gasteiger partial charge in [-0.2, -0.15) is 13.2 Å². The molecule has 0 atom stereocenters. The van der Waals surface area contributed by atoms with E-state index in [2.05, 4.69) is 22.2 Å². The van der Waals surface area contributed by atoms with Gasteiger partial charge >= 0.3 is 6.18 Å². The molecule has 0 unspecified atom stereocenters. The lowest BCUT2D eigenvalue weighted by Gasteiger charge is -2.08. The van der Waals surface area contributed by atoms with Gasteiger partial charge in [0, 0.05) is 12.6 Å². The zero-order valence-electron chi connectivity index (χ0n) is 10.8. The zero-order chi connectivity index (χ0) is 14.3. The summed E-state index contributed by atoms with van der Waals surface area (Å²) in [6.45, 7) is 2.60. The molecule has 0 saturated carbocycles. The summed E-state index contributed by atoms with van der Waals surface area (Å²) in [4.78, 5) is 16.7. The van der Waals surface area contributed by atoms with Gasteiger partial charge < -0.3 is 5.32 Å². The number of halogens is 3. The minimum absolute atomic E-state index is 0.129. The molecule has 0 amide bonds. The topological polar surface area (TPSA) is 57.8 Å². The summed E-state index contributed by atoms with van der Waals surface area (Å²) < 4.78 is 37.3. The molecule has 0 aliphatic carbocycles. The SMILES string of the molecule is CCCCCCCNc1nc(C(F)(F)F)cc(=O)[nH]1. The van der Waals surface area contributed by atoms with Crippen LogP contribution in [0.3, 0.4) is 0 Å². The predicted molar refractivity (Wildman–Crippen MR) is 67.1 cm³/mol. The molecule has 0 saturated heterocycles. The maximum absolute atomic E-state index is 12.4. The molecule has 1 rings (SSSR count). The highest BCUT2D eigenvalue weighted by Gasteiger charge is 2.33. The quantitative estimate of drug-likeness (QED) is 0.753. The number of hydrogen-bond donors (Lipinski definition) is 2. The molecule has 0 aliphatic rings. The number of hydrogen-bond acceptors (Lipinski definition) is 3. The second kappa shape index (κ2) is 7.16. The van der Waals surface area contributed by atoms with Gasteiger partial charge in [-0.25, -0.2) is 4.98 Å². The molecule has 4 nitrogen and oxygen atoms in total. The van der Waals surface area contributed by atoms with Crippen molar-refractivity contribution in [3.05, 3.63) is 22.1 Å². The number of unbranched alkanes of at least 4 members (excludes halogenated alkanes) is 4. The van der Waals surface area contributed by atoms with E-state index >= 15 is 0 Å². The highest BCUT2D eigenvalue weighted by molar-refractivity contribution is 5.25. The Morgan fingerprint density at radius 2 is 1.95 bits per heavy atom. The van der Waals surface area contributed by atoms with E-state index < -0.39 is 17.4 Å². The van der Waals surface area contributed by atoms with Gasteiger partial charge in [-0.05, 0) is 6.42 Å². The third-order valence-corrected chi connectivity index (χ3v) is 2.60. The van der Waals surface area contributed by atoms with Gasteiger partial charge in [0.1, 0.15) is 0 Å². The van der Waals surface area contributed by atoms with E-state index in [-0.39, 0.29) is 5.95 Å². The van der Waals surface area contributed by atoms with Crippen molar-refractivity contribution in [3.63, 3.8) is 0 Å². The predicted octanol–water partition coefficient (Wildman–Crippen LogP) is 3.17. The number of aromatic nitrogens is 2. The van der Waals surface area contributed by atoms with Crippen molar-refractivity contribution in [2.24, 2.45) is 0 Å². The number of H-pyrrole nitrogens is 1. The van der Waals surface area contributed by atoms with Gasteiger partial charge in [0.2, 0.25) is 5.95 Å². The van der Waals surface area contributed by atoms with Gasteiger partial charge in [0.25, 0.3) is 5.56 Å². The third kappa shape index (κ3) is 5.76. The van der Waals surface area contributed by atoms with Gasteiger partial charge in [-0.3, -0.25) is 9.78 Å². The minimum atomic E-state index is -4.61. The van der Waals surface area contributed by atoms with Crippen LogP contribution in [0.2, 0.25) is 0 Å². The van der Waals surface area contributed by atoms with Crippen LogP contribution >= 0.6 is 0 Å². The van der Waals surface area contributed by atoms with Crippen LogP contribution in [0, 0.1) is 0 Å². The summed E-state index contributed by atoms with van der Waals surface area (Å²) >= 11 is 0. The fourth-order valence-corrected chi connectivity index (χ4v) is 1.62. The molecule has 0 bridgehead atoms. The molecule has 0 aliphatic heterocycles. The van der Waals surface area contributed by atoms with Crippen LogP contribution in [0.25, 0.3) is 0 Å². The first kappa shape index (κ1) is 15.5. The molecule has 108 valence electrons. The molecular weight excluding hydrogens is 259 g/mol. The van der Waals surface area contributed by atoms with Crippen LogP contribution in [0.15, 0.2) is 10.9 Å². The zero-order valence-corrected chi connectivity index (χ0v) is 10.8. The number of alkyl halides is 3. The molecule has 19 heavy (non-hydrogen) atoms. The number of nitrogens with zero attached hydrogens (tertiary/aromatic N) is 1. The van der Waals surface area contributed by atoms with E-state index in [1.54, 1.807) is 0 Å². The number of nitrogens with one attached hydrogen (secondary N) is 2. The first-order valence-corrected chi connectivity index (χ1v) is 6.36. The molecular formula is C12H18F3N3O. The van der Waals surface area contributed by atoms with Crippen molar-refractivity contribution >= 4 is 5.95 Å². The molecule has 0 radical (unpaired) electrons. The summed E-state index contributed by atoms with van der Waals surface area (Å²) in [5, 5.41) is 2.71. The number of rotatable bonds is 7. The standard InChI is InChI=1S/C12H18F3N3O/c1-2-3-4-5-6-7-16-11-17-9(12(13,14)15)8-10(19)18-11/h8H,2-7H2,1H3,(H2,16,17,18,19). The summed E-state index contributed by atoms with van der Waals surface area (Å²) in [6, 6.07) is 0.451. The fourth-order valence-electron chi connectivity index (χ4n) is 1.62. The van der Waals surface area contributed by atoms with Crippen molar-refractivity contribution in [3.8, 4) is 0 Å². The molecule has 0 fully saturated rings. The molecule has 1 heterocycles. The molecule has 7 heteroatoms. The van der Waals surface area contributed by atoms with Crippen LogP contribution in [0.4, 0.5) is 19.1 Å². The van der Waals surface area contributed by atoms with E-state index in [9.17, 15) is 18.0 Å². The van der Waals surface area contributed by atoms with Gasteiger partial charge in [0.05, 0.1) is 0 Å². The summed E-state index contributed by atoms with van der Waals surface area (Å²) in [5.74, 6) is -0.129. The molecule has 0 aromatic carbocycles. The molecule has 1 aromatic rings. The van der Waals surface area contributed by atoms with Crippen LogP contribution in [0.1, 0.15) is 44.7 Å². The third-order valence-electron chi connectivity index (χ3n) is 2.60. The van der Waals surface area contributed by atoms with Crippen LogP contribution in [-0.2, 0) is 6.18 Å². The van der Waals surface area contributed by atoms with Crippen molar-refractivity contribution in [2.45, 2.75) is 45.2 Å². The molecule has 0 spiro atoms. The Labute approximate surface area is 109 Å². The lowest BCUT2D eigenvalue weighted by molar-refractivity contribution is -0.141. The van der Waals surface area contributed by atoms with E-state index in [1.807, 2.05) is 0 Å². The Bertz CT molecular complexity index is 443. The van der Waals surface area contributed by atoms with Gasteiger partial charge in [-0.1, -0.05) is 32.6 Å². The summed E-state index contributed by atoms with van der Waals surface area (Å²) in [7, 11) is 0.